The Morgan fingerprint density at radius 2 is 2.04 bits per heavy atom. The average molecular weight is 322 g/mol. The van der Waals surface area contributed by atoms with Gasteiger partial charge in [-0.25, -0.2) is 0 Å². The van der Waals surface area contributed by atoms with Gasteiger partial charge in [0, 0.05) is 12.1 Å². The summed E-state index contributed by atoms with van der Waals surface area (Å²) in [6.45, 7) is 7.62. The molecule has 1 aromatic rings. The number of benzene rings is 1. The zero-order valence-corrected chi connectivity index (χ0v) is 15.5. The zero-order valence-electron chi connectivity index (χ0n) is 15.5. The SMILES string of the molecule is CC#Cc1cc2c(cc1CN)CCC1C2CCC2(C)C(C)CCC12. The van der Waals surface area contributed by atoms with Crippen LogP contribution in [0.4, 0.5) is 0 Å². The topological polar surface area (TPSA) is 26.0 Å². The van der Waals surface area contributed by atoms with Crippen LogP contribution in [0.2, 0.25) is 0 Å². The highest BCUT2D eigenvalue weighted by atomic mass is 14.6. The van der Waals surface area contributed by atoms with Gasteiger partial charge in [-0.1, -0.05) is 25.8 Å². The number of hydrogen-bond donors (Lipinski definition) is 1. The van der Waals surface area contributed by atoms with Crippen molar-refractivity contribution >= 4 is 0 Å². The Hall–Kier alpha value is -1.26. The Morgan fingerprint density at radius 1 is 1.21 bits per heavy atom. The molecule has 0 bridgehead atoms. The fourth-order valence-electron chi connectivity index (χ4n) is 6.35. The molecule has 5 unspecified atom stereocenters. The van der Waals surface area contributed by atoms with E-state index in [2.05, 4.69) is 37.8 Å². The van der Waals surface area contributed by atoms with E-state index in [1.807, 2.05) is 6.92 Å². The van der Waals surface area contributed by atoms with Crippen LogP contribution in [0.5, 0.6) is 0 Å². The van der Waals surface area contributed by atoms with Crippen molar-refractivity contribution in [1.29, 1.82) is 0 Å². The Labute approximate surface area is 147 Å². The van der Waals surface area contributed by atoms with Crippen molar-refractivity contribution in [3.05, 3.63) is 34.4 Å². The number of hydrogen-bond acceptors (Lipinski definition) is 1. The van der Waals surface area contributed by atoms with Gasteiger partial charge in [-0.05, 0) is 97.3 Å². The summed E-state index contributed by atoms with van der Waals surface area (Å²) in [6, 6.07) is 4.78. The zero-order chi connectivity index (χ0) is 16.9. The molecule has 5 atom stereocenters. The Balaban J connectivity index is 1.74. The number of aryl methyl sites for hydroxylation is 1. The van der Waals surface area contributed by atoms with Gasteiger partial charge in [0.05, 0.1) is 0 Å². The largest absolute Gasteiger partial charge is 0.326 e. The first-order chi connectivity index (χ1) is 11.6. The molecule has 0 aliphatic heterocycles. The summed E-state index contributed by atoms with van der Waals surface area (Å²) in [6.07, 6.45) is 8.30. The number of fused-ring (bicyclic) bond motifs is 5. The molecule has 1 nitrogen and oxygen atoms in total. The fourth-order valence-corrected chi connectivity index (χ4v) is 6.35. The molecule has 4 rings (SSSR count). The van der Waals surface area contributed by atoms with Gasteiger partial charge in [-0.3, -0.25) is 0 Å². The summed E-state index contributed by atoms with van der Waals surface area (Å²) in [5, 5.41) is 0. The third-order valence-electron chi connectivity index (χ3n) is 7.90. The van der Waals surface area contributed by atoms with Crippen molar-refractivity contribution in [1.82, 2.24) is 0 Å². The van der Waals surface area contributed by atoms with Crippen LogP contribution in [-0.4, -0.2) is 0 Å². The van der Waals surface area contributed by atoms with Gasteiger partial charge < -0.3 is 5.73 Å². The predicted octanol–water partition coefficient (Wildman–Crippen LogP) is 5.01. The average Bonchev–Trinajstić information content (AvgIpc) is 2.89. The molecule has 0 aromatic heterocycles. The van der Waals surface area contributed by atoms with Crippen molar-refractivity contribution in [3.8, 4) is 11.8 Å². The maximum Gasteiger partial charge on any atom is 0.0293 e. The predicted molar refractivity (Wildman–Crippen MR) is 101 cm³/mol. The van der Waals surface area contributed by atoms with Crippen LogP contribution >= 0.6 is 0 Å². The molecule has 0 heterocycles. The summed E-state index contributed by atoms with van der Waals surface area (Å²) in [5.41, 5.74) is 12.2. The molecular formula is C23H31N. The highest BCUT2D eigenvalue weighted by molar-refractivity contribution is 5.49. The molecule has 0 spiro atoms. The summed E-state index contributed by atoms with van der Waals surface area (Å²) in [4.78, 5) is 0. The minimum absolute atomic E-state index is 0.599. The van der Waals surface area contributed by atoms with E-state index < -0.39 is 0 Å². The first kappa shape index (κ1) is 16.2. The molecule has 2 N–H and O–H groups in total. The van der Waals surface area contributed by atoms with Crippen molar-refractivity contribution in [2.75, 3.05) is 0 Å². The maximum atomic E-state index is 5.98. The molecule has 128 valence electrons. The summed E-state index contributed by atoms with van der Waals surface area (Å²) >= 11 is 0. The minimum atomic E-state index is 0.599. The summed E-state index contributed by atoms with van der Waals surface area (Å²) < 4.78 is 0. The second-order valence-corrected chi connectivity index (χ2v) is 8.73. The van der Waals surface area contributed by atoms with Crippen molar-refractivity contribution in [2.24, 2.45) is 28.9 Å². The molecule has 24 heavy (non-hydrogen) atoms. The number of nitrogens with two attached hydrogens (primary N) is 1. The fraction of sp³-hybridized carbons (Fsp3) is 0.652. The van der Waals surface area contributed by atoms with Gasteiger partial charge in [0.2, 0.25) is 0 Å². The van der Waals surface area contributed by atoms with Gasteiger partial charge in [0.1, 0.15) is 0 Å². The smallest absolute Gasteiger partial charge is 0.0293 e. The molecule has 3 aliphatic rings. The van der Waals surface area contributed by atoms with Crippen LogP contribution in [-0.2, 0) is 13.0 Å². The molecule has 0 amide bonds. The van der Waals surface area contributed by atoms with Crippen molar-refractivity contribution in [3.63, 3.8) is 0 Å². The molecule has 1 aromatic carbocycles. The molecule has 2 saturated carbocycles. The number of rotatable bonds is 1. The van der Waals surface area contributed by atoms with Crippen molar-refractivity contribution < 1.29 is 0 Å². The Kier molecular flexibility index (Phi) is 4.00. The monoisotopic (exact) mass is 321 g/mol. The molecule has 1 heteroatoms. The Bertz CT molecular complexity index is 707. The van der Waals surface area contributed by atoms with E-state index in [0.717, 1.165) is 23.7 Å². The van der Waals surface area contributed by atoms with Gasteiger partial charge >= 0.3 is 0 Å². The third-order valence-corrected chi connectivity index (χ3v) is 7.90. The van der Waals surface area contributed by atoms with Crippen molar-refractivity contribution in [2.45, 2.75) is 71.8 Å². The van der Waals surface area contributed by atoms with Crippen LogP contribution in [0.15, 0.2) is 12.1 Å². The van der Waals surface area contributed by atoms with Crippen LogP contribution < -0.4 is 5.73 Å². The van der Waals surface area contributed by atoms with E-state index in [4.69, 9.17) is 5.73 Å². The molecule has 0 saturated heterocycles. The molecule has 2 fully saturated rings. The first-order valence-electron chi connectivity index (χ1n) is 9.87. The van der Waals surface area contributed by atoms with Gasteiger partial charge in [-0.15, -0.1) is 5.92 Å². The summed E-state index contributed by atoms with van der Waals surface area (Å²) in [7, 11) is 0. The van der Waals surface area contributed by atoms with Gasteiger partial charge in [0.25, 0.3) is 0 Å². The quantitative estimate of drug-likeness (QED) is 0.723. The van der Waals surface area contributed by atoms with E-state index in [-0.39, 0.29) is 0 Å². The molecular weight excluding hydrogens is 290 g/mol. The van der Waals surface area contributed by atoms with Crippen LogP contribution in [0, 0.1) is 35.0 Å². The standard InChI is InChI=1S/C23H31N/c1-4-5-16-13-21-17(12-18(16)14-24)7-8-20-19(21)10-11-23(3)15(2)6-9-22(20)23/h12-13,15,19-20,22H,6-11,14,24H2,1-3H3. The minimum Gasteiger partial charge on any atom is -0.326 e. The second-order valence-electron chi connectivity index (χ2n) is 8.73. The first-order valence-corrected chi connectivity index (χ1v) is 9.87. The van der Waals surface area contributed by atoms with Gasteiger partial charge in [0.15, 0.2) is 0 Å². The van der Waals surface area contributed by atoms with Crippen LogP contribution in [0.1, 0.15) is 81.0 Å². The van der Waals surface area contributed by atoms with E-state index in [0.29, 0.717) is 12.0 Å². The van der Waals surface area contributed by atoms with Gasteiger partial charge in [-0.2, -0.15) is 0 Å². The lowest BCUT2D eigenvalue weighted by molar-refractivity contribution is 0.0336. The molecule has 0 radical (unpaired) electrons. The van der Waals surface area contributed by atoms with E-state index in [9.17, 15) is 0 Å². The van der Waals surface area contributed by atoms with E-state index >= 15 is 0 Å². The lowest BCUT2D eigenvalue weighted by atomic mass is 9.54. The summed E-state index contributed by atoms with van der Waals surface area (Å²) in [5.74, 6) is 9.89. The van der Waals surface area contributed by atoms with Crippen LogP contribution in [0.25, 0.3) is 0 Å². The normalized spacial score (nSPS) is 37.0. The lowest BCUT2D eigenvalue weighted by Crippen LogP contribution is -2.41. The highest BCUT2D eigenvalue weighted by Crippen LogP contribution is 2.62. The lowest BCUT2D eigenvalue weighted by Gasteiger charge is -2.50. The Morgan fingerprint density at radius 3 is 2.79 bits per heavy atom. The van der Waals surface area contributed by atoms with E-state index in [1.54, 1.807) is 11.1 Å². The second kappa shape index (κ2) is 5.92. The highest BCUT2D eigenvalue weighted by Gasteiger charge is 2.53. The third kappa shape index (κ3) is 2.26. The molecule has 3 aliphatic carbocycles. The van der Waals surface area contributed by atoms with Crippen LogP contribution in [0.3, 0.4) is 0 Å². The maximum absolute atomic E-state index is 5.98. The van der Waals surface area contributed by atoms with E-state index in [1.165, 1.54) is 49.7 Å².